The number of hydrogen-bond acceptors (Lipinski definition) is 3. The Labute approximate surface area is 136 Å². The summed E-state index contributed by atoms with van der Waals surface area (Å²) in [7, 11) is 0. The minimum atomic E-state index is -0.517. The third kappa shape index (κ3) is 2.54. The largest absolute Gasteiger partial charge is 0.327 e. The minimum Gasteiger partial charge on any atom is -0.327 e. The molecule has 1 aromatic carbocycles. The molecular weight excluding hydrogens is 292 g/mol. The number of carbonyl (C=O) groups excluding carboxylic acids is 3. The lowest BCUT2D eigenvalue weighted by molar-refractivity contribution is -0.131. The molecule has 0 bridgehead atoms. The Morgan fingerprint density at radius 3 is 2.74 bits per heavy atom. The third-order valence-corrected chi connectivity index (χ3v) is 4.90. The van der Waals surface area contributed by atoms with Crippen LogP contribution >= 0.6 is 0 Å². The van der Waals surface area contributed by atoms with Gasteiger partial charge in [0.25, 0.3) is 11.8 Å². The molecule has 0 unspecified atom stereocenters. The molecule has 2 heterocycles. The fourth-order valence-corrected chi connectivity index (χ4v) is 3.33. The SMILES string of the molecule is CC[C@H](C)C(=O)N1C(=O)[C@H]2CCCCN2C(=O)c2ccccc21. The van der Waals surface area contributed by atoms with Gasteiger partial charge in [0.1, 0.15) is 6.04 Å². The maximum Gasteiger partial charge on any atom is 0.256 e. The van der Waals surface area contributed by atoms with Gasteiger partial charge < -0.3 is 4.90 Å². The number of hydrogen-bond donors (Lipinski definition) is 0. The topological polar surface area (TPSA) is 57.7 Å². The Balaban J connectivity index is 2.13. The second-order valence-corrected chi connectivity index (χ2v) is 6.35. The van der Waals surface area contributed by atoms with Crippen LogP contribution in [0.2, 0.25) is 0 Å². The summed E-state index contributed by atoms with van der Waals surface area (Å²) in [6.45, 7) is 4.33. The zero-order valence-electron chi connectivity index (χ0n) is 13.6. The minimum absolute atomic E-state index is 0.141. The van der Waals surface area contributed by atoms with E-state index in [0.717, 1.165) is 12.8 Å². The van der Waals surface area contributed by atoms with Gasteiger partial charge in [0.15, 0.2) is 0 Å². The first-order valence-corrected chi connectivity index (χ1v) is 8.34. The van der Waals surface area contributed by atoms with Crippen LogP contribution in [-0.4, -0.2) is 35.2 Å². The molecule has 3 rings (SSSR count). The molecule has 1 saturated heterocycles. The summed E-state index contributed by atoms with van der Waals surface area (Å²) in [6.07, 6.45) is 3.09. The lowest BCUT2D eigenvalue weighted by Gasteiger charge is -2.34. The normalized spacial score (nSPS) is 22.3. The van der Waals surface area contributed by atoms with Crippen molar-refractivity contribution in [2.24, 2.45) is 5.92 Å². The first-order valence-electron chi connectivity index (χ1n) is 8.34. The monoisotopic (exact) mass is 314 g/mol. The summed E-state index contributed by atoms with van der Waals surface area (Å²) in [4.78, 5) is 41.6. The van der Waals surface area contributed by atoms with Crippen LogP contribution in [0.1, 0.15) is 49.9 Å². The van der Waals surface area contributed by atoms with Crippen molar-refractivity contribution in [3.05, 3.63) is 29.8 Å². The molecule has 0 aromatic heterocycles. The maximum atomic E-state index is 13.1. The average molecular weight is 314 g/mol. The van der Waals surface area contributed by atoms with Gasteiger partial charge in [-0.3, -0.25) is 14.4 Å². The number of fused-ring (bicyclic) bond motifs is 2. The molecule has 0 saturated carbocycles. The van der Waals surface area contributed by atoms with Gasteiger partial charge in [0.2, 0.25) is 5.91 Å². The smallest absolute Gasteiger partial charge is 0.256 e. The Morgan fingerprint density at radius 1 is 1.26 bits per heavy atom. The highest BCUT2D eigenvalue weighted by Gasteiger charge is 2.43. The molecule has 0 aliphatic carbocycles. The fourth-order valence-electron chi connectivity index (χ4n) is 3.33. The number of nitrogens with zero attached hydrogens (tertiary/aromatic N) is 2. The highest BCUT2D eigenvalue weighted by molar-refractivity contribution is 6.22. The van der Waals surface area contributed by atoms with Gasteiger partial charge in [-0.05, 0) is 37.8 Å². The molecule has 1 fully saturated rings. The van der Waals surface area contributed by atoms with E-state index in [4.69, 9.17) is 0 Å². The Bertz CT molecular complexity index is 655. The van der Waals surface area contributed by atoms with E-state index in [1.54, 1.807) is 29.2 Å². The van der Waals surface area contributed by atoms with Crippen molar-refractivity contribution >= 4 is 23.4 Å². The van der Waals surface area contributed by atoms with Gasteiger partial charge in [-0.25, -0.2) is 4.90 Å². The maximum absolute atomic E-state index is 13.1. The summed E-state index contributed by atoms with van der Waals surface area (Å²) in [5.74, 6) is -0.867. The van der Waals surface area contributed by atoms with Crippen molar-refractivity contribution in [2.75, 3.05) is 11.4 Å². The van der Waals surface area contributed by atoms with E-state index in [2.05, 4.69) is 0 Å². The fraction of sp³-hybridized carbons (Fsp3) is 0.500. The molecule has 5 nitrogen and oxygen atoms in total. The van der Waals surface area contributed by atoms with E-state index in [0.29, 0.717) is 30.6 Å². The standard InChI is InChI=1S/C18H22N2O3/c1-3-12(2)16(21)20-14-9-5-4-8-13(14)17(22)19-11-7-6-10-15(19)18(20)23/h4-5,8-9,12,15H,3,6-7,10-11H2,1-2H3/t12-,15+/m0/s1. The van der Waals surface area contributed by atoms with Crippen LogP contribution in [0.15, 0.2) is 24.3 Å². The van der Waals surface area contributed by atoms with Crippen LogP contribution in [0, 0.1) is 5.92 Å². The van der Waals surface area contributed by atoms with Crippen LogP contribution < -0.4 is 4.90 Å². The second-order valence-electron chi connectivity index (χ2n) is 6.35. The van der Waals surface area contributed by atoms with Crippen LogP contribution in [0.25, 0.3) is 0 Å². The Kier molecular flexibility index (Phi) is 4.20. The van der Waals surface area contributed by atoms with Crippen molar-refractivity contribution in [3.8, 4) is 0 Å². The van der Waals surface area contributed by atoms with Crippen molar-refractivity contribution in [2.45, 2.75) is 45.6 Å². The van der Waals surface area contributed by atoms with E-state index in [-0.39, 0.29) is 23.6 Å². The second kappa shape index (κ2) is 6.14. The van der Waals surface area contributed by atoms with Gasteiger partial charge in [-0.15, -0.1) is 0 Å². The van der Waals surface area contributed by atoms with Gasteiger partial charge in [0.05, 0.1) is 11.3 Å². The number of carbonyl (C=O) groups is 3. The molecule has 122 valence electrons. The van der Waals surface area contributed by atoms with Crippen molar-refractivity contribution in [1.82, 2.24) is 4.90 Å². The molecule has 0 radical (unpaired) electrons. The first-order chi connectivity index (χ1) is 11.1. The summed E-state index contributed by atoms with van der Waals surface area (Å²) in [6, 6.07) is 6.43. The van der Waals surface area contributed by atoms with E-state index in [1.807, 2.05) is 13.8 Å². The van der Waals surface area contributed by atoms with Gasteiger partial charge in [-0.1, -0.05) is 26.0 Å². The lowest BCUT2D eigenvalue weighted by Crippen LogP contribution is -2.52. The molecule has 1 aromatic rings. The molecule has 23 heavy (non-hydrogen) atoms. The van der Waals surface area contributed by atoms with Crippen molar-refractivity contribution in [3.63, 3.8) is 0 Å². The molecule has 0 spiro atoms. The van der Waals surface area contributed by atoms with E-state index >= 15 is 0 Å². The molecule has 2 aliphatic rings. The van der Waals surface area contributed by atoms with Crippen LogP contribution in [0.4, 0.5) is 5.69 Å². The van der Waals surface area contributed by atoms with Crippen LogP contribution in [-0.2, 0) is 9.59 Å². The summed E-state index contributed by atoms with van der Waals surface area (Å²) in [5, 5.41) is 0. The number of rotatable bonds is 2. The molecule has 3 amide bonds. The van der Waals surface area contributed by atoms with Crippen molar-refractivity contribution in [1.29, 1.82) is 0 Å². The molecular formula is C18H22N2O3. The predicted octanol–water partition coefficient (Wildman–Crippen LogP) is 2.60. The summed E-state index contributed by atoms with van der Waals surface area (Å²) in [5.41, 5.74) is 0.879. The number of piperidine rings is 1. The van der Waals surface area contributed by atoms with Gasteiger partial charge in [0, 0.05) is 12.5 Å². The van der Waals surface area contributed by atoms with Gasteiger partial charge in [-0.2, -0.15) is 0 Å². The number of imide groups is 1. The summed E-state index contributed by atoms with van der Waals surface area (Å²) >= 11 is 0. The molecule has 2 atom stereocenters. The van der Waals surface area contributed by atoms with E-state index in [9.17, 15) is 14.4 Å². The lowest BCUT2D eigenvalue weighted by atomic mass is 10.0. The quantitative estimate of drug-likeness (QED) is 0.843. The summed E-state index contributed by atoms with van der Waals surface area (Å²) < 4.78 is 0. The zero-order chi connectivity index (χ0) is 16.6. The highest BCUT2D eigenvalue weighted by atomic mass is 16.2. The number of amides is 3. The Morgan fingerprint density at radius 2 is 2.00 bits per heavy atom. The predicted molar refractivity (Wildman–Crippen MR) is 87.1 cm³/mol. The van der Waals surface area contributed by atoms with E-state index < -0.39 is 6.04 Å². The highest BCUT2D eigenvalue weighted by Crippen LogP contribution is 2.32. The van der Waals surface area contributed by atoms with Crippen LogP contribution in [0.5, 0.6) is 0 Å². The Hall–Kier alpha value is -2.17. The number of anilines is 1. The average Bonchev–Trinajstić information content (AvgIpc) is 2.69. The third-order valence-electron chi connectivity index (χ3n) is 4.90. The van der Waals surface area contributed by atoms with Gasteiger partial charge >= 0.3 is 0 Å². The number of para-hydroxylation sites is 1. The molecule has 0 N–H and O–H groups in total. The first kappa shape index (κ1) is 15.7. The van der Waals surface area contributed by atoms with Crippen LogP contribution in [0.3, 0.4) is 0 Å². The number of benzene rings is 1. The molecule has 5 heteroatoms. The zero-order valence-corrected chi connectivity index (χ0v) is 13.6. The molecule has 2 aliphatic heterocycles. The van der Waals surface area contributed by atoms with Crippen molar-refractivity contribution < 1.29 is 14.4 Å². The van der Waals surface area contributed by atoms with E-state index in [1.165, 1.54) is 4.90 Å².